The first-order valence-electron chi connectivity index (χ1n) is 29.4. The lowest BCUT2D eigenvalue weighted by molar-refractivity contribution is -0.218. The van der Waals surface area contributed by atoms with Gasteiger partial charge in [0.2, 0.25) is 0 Å². The Morgan fingerprint density at radius 2 is 1.16 bits per heavy atom. The zero-order valence-electron chi connectivity index (χ0n) is 48.9. The average Bonchev–Trinajstić information content (AvgIpc) is 4.26. The monoisotopic (exact) mass is 1100 g/mol. The van der Waals surface area contributed by atoms with E-state index in [1.54, 1.807) is 13.8 Å². The van der Waals surface area contributed by atoms with Gasteiger partial charge in [0.1, 0.15) is 35.6 Å². The quantitative estimate of drug-likeness (QED) is 0.0844. The van der Waals surface area contributed by atoms with Crippen LogP contribution in [0, 0.1) is 85.7 Å². The Hall–Kier alpha value is -3.78. The Morgan fingerprint density at radius 1 is 0.649 bits per heavy atom. The zero-order valence-corrected chi connectivity index (χ0v) is 49.7. The molecule has 8 bridgehead atoms. The number of fused-ring (bicyclic) bond motifs is 2. The molecule has 11 fully saturated rings. The molecule has 16 nitrogen and oxygen atoms in total. The van der Waals surface area contributed by atoms with Crippen molar-refractivity contribution in [2.45, 2.75) is 253 Å². The van der Waals surface area contributed by atoms with Crippen molar-refractivity contribution in [3.05, 3.63) is 0 Å². The van der Waals surface area contributed by atoms with Crippen LogP contribution >= 0.6 is 0 Å². The van der Waals surface area contributed by atoms with Crippen LogP contribution in [0.1, 0.15) is 213 Å². The summed E-state index contributed by atoms with van der Waals surface area (Å²) in [5, 5.41) is 8.86. The number of hydrogen-bond acceptors (Lipinski definition) is 16. The van der Waals surface area contributed by atoms with Gasteiger partial charge in [-0.15, -0.1) is 0 Å². The number of carbonyl (C=O) groups is 6. The van der Waals surface area contributed by atoms with Gasteiger partial charge in [0.15, 0.2) is 12.0 Å². The SMILES string of the molecule is CCC(C)(C)C(=O)OC1(C)CCCC1.CCC(C)(C)C(=O)OC1(CC)C2CC3CC(C2)CC1C3.CCC(C)(C)C(=O)OC1C2CC3C1OC(=O)C3(C#N)C2.CCC(C)(C)C(=O)OCC(=O)OC1C2CC3C1OS(=O)(=O)C3C2. The van der Waals surface area contributed by atoms with Crippen molar-refractivity contribution in [3.8, 4) is 6.07 Å². The zero-order chi connectivity index (χ0) is 57.1. The molecule has 11 aliphatic rings. The molecule has 2 aliphatic heterocycles. The Kier molecular flexibility index (Phi) is 17.6. The molecular weight excluding hydrogens is 1010 g/mol. The van der Waals surface area contributed by atoms with Crippen LogP contribution in [0.5, 0.6) is 0 Å². The lowest BCUT2D eigenvalue weighted by atomic mass is 9.49. The molecule has 9 aliphatic carbocycles. The van der Waals surface area contributed by atoms with Crippen LogP contribution in [0.25, 0.3) is 0 Å². The van der Waals surface area contributed by atoms with Crippen LogP contribution in [-0.4, -0.2) is 91.7 Å². The predicted molar refractivity (Wildman–Crippen MR) is 284 cm³/mol. The van der Waals surface area contributed by atoms with Gasteiger partial charge in [0, 0.05) is 23.7 Å². The Balaban J connectivity index is 0.000000151. The summed E-state index contributed by atoms with van der Waals surface area (Å²) in [5.41, 5.74) is -3.12. The number of esters is 6. The van der Waals surface area contributed by atoms with Gasteiger partial charge in [-0.25, -0.2) is 4.79 Å². The van der Waals surface area contributed by atoms with Gasteiger partial charge in [0.05, 0.1) is 33.0 Å². The molecule has 9 saturated carbocycles. The first-order valence-corrected chi connectivity index (χ1v) is 30.9. The summed E-state index contributed by atoms with van der Waals surface area (Å²) in [5.74, 6) is 1.25. The topological polar surface area (TPSA) is 225 Å². The van der Waals surface area contributed by atoms with Gasteiger partial charge in [-0.05, 0) is 202 Å². The fourth-order valence-electron chi connectivity index (χ4n) is 14.4. The summed E-state index contributed by atoms with van der Waals surface area (Å²) in [6.07, 6.45) is 15.6. The predicted octanol–water partition coefficient (Wildman–Crippen LogP) is 10.7. The molecule has 0 amide bonds. The first-order chi connectivity index (χ1) is 35.8. The molecule has 11 rings (SSSR count). The molecule has 2 heterocycles. The van der Waals surface area contributed by atoms with E-state index < -0.39 is 74.4 Å². The summed E-state index contributed by atoms with van der Waals surface area (Å²) in [7, 11) is -3.53. The summed E-state index contributed by atoms with van der Waals surface area (Å²) >= 11 is 0. The number of hydrogen-bond donors (Lipinski definition) is 0. The van der Waals surface area contributed by atoms with Crippen LogP contribution in [-0.2, 0) is 71.5 Å². The molecule has 0 N–H and O–H groups in total. The van der Waals surface area contributed by atoms with E-state index in [4.69, 9.17) is 32.6 Å². The number of ether oxygens (including phenoxy) is 6. The molecule has 0 aromatic heterocycles. The molecule has 0 radical (unpaired) electrons. The van der Waals surface area contributed by atoms with Gasteiger partial charge in [0.25, 0.3) is 10.1 Å². The van der Waals surface area contributed by atoms with Gasteiger partial charge >= 0.3 is 35.8 Å². The van der Waals surface area contributed by atoms with Crippen molar-refractivity contribution in [1.29, 1.82) is 5.26 Å². The highest BCUT2D eigenvalue weighted by atomic mass is 32.2. The highest BCUT2D eigenvalue weighted by molar-refractivity contribution is 7.87. The molecule has 17 heteroatoms. The van der Waals surface area contributed by atoms with Crippen molar-refractivity contribution in [2.75, 3.05) is 6.61 Å². The van der Waals surface area contributed by atoms with Crippen molar-refractivity contribution in [1.82, 2.24) is 0 Å². The van der Waals surface area contributed by atoms with Gasteiger partial charge in [-0.3, -0.25) is 28.2 Å². The number of nitriles is 1. The largest absolute Gasteiger partial charge is 0.459 e. The highest BCUT2D eigenvalue weighted by Gasteiger charge is 2.72. The fourth-order valence-corrected chi connectivity index (χ4v) is 16.3. The number of nitrogens with zero attached hydrogens (tertiary/aromatic N) is 1. The van der Waals surface area contributed by atoms with E-state index in [0.717, 1.165) is 50.4 Å². The number of rotatable bonds is 15. The molecule has 0 spiro atoms. The molecule has 10 atom stereocenters. The minimum atomic E-state index is -3.53. The van der Waals surface area contributed by atoms with Crippen LogP contribution in [0.4, 0.5) is 0 Å². The summed E-state index contributed by atoms with van der Waals surface area (Å²) < 4.78 is 62.1. The molecule has 2 saturated heterocycles. The maximum absolute atomic E-state index is 12.6. The van der Waals surface area contributed by atoms with E-state index in [9.17, 15) is 42.4 Å². The first kappa shape index (κ1) is 60.9. The minimum absolute atomic E-state index is 0.0130. The van der Waals surface area contributed by atoms with E-state index in [0.29, 0.717) is 43.9 Å². The second-order valence-electron chi connectivity index (χ2n) is 27.6. The van der Waals surface area contributed by atoms with Gasteiger partial charge in [-0.2, -0.15) is 13.7 Å². The lowest BCUT2D eigenvalue weighted by Gasteiger charge is -2.60. The molecule has 434 valence electrons. The van der Waals surface area contributed by atoms with E-state index in [1.165, 1.54) is 44.9 Å². The molecular formula is C60H93NO15S. The van der Waals surface area contributed by atoms with Gasteiger partial charge in [-0.1, -0.05) is 34.6 Å². The molecule has 77 heavy (non-hydrogen) atoms. The maximum Gasteiger partial charge on any atom is 0.344 e. The molecule has 0 aromatic carbocycles. The third-order valence-corrected chi connectivity index (χ3v) is 22.9. The molecule has 10 unspecified atom stereocenters. The van der Waals surface area contributed by atoms with E-state index in [-0.39, 0.29) is 69.7 Å². The van der Waals surface area contributed by atoms with Crippen LogP contribution in [0.15, 0.2) is 0 Å². The minimum Gasteiger partial charge on any atom is -0.459 e. The average molecular weight is 1100 g/mol. The third-order valence-electron chi connectivity index (χ3n) is 21.1. The van der Waals surface area contributed by atoms with Crippen molar-refractivity contribution in [3.63, 3.8) is 0 Å². The van der Waals surface area contributed by atoms with Crippen molar-refractivity contribution < 1.29 is 69.8 Å². The second-order valence-corrected chi connectivity index (χ2v) is 29.4. The molecule has 0 aromatic rings. The summed E-state index contributed by atoms with van der Waals surface area (Å²) in [4.78, 5) is 72.4. The Morgan fingerprint density at radius 3 is 1.68 bits per heavy atom. The lowest BCUT2D eigenvalue weighted by Crippen LogP contribution is -2.60. The Bertz CT molecular complexity index is 2370. The smallest absolute Gasteiger partial charge is 0.344 e. The van der Waals surface area contributed by atoms with Gasteiger partial charge < -0.3 is 28.4 Å². The summed E-state index contributed by atoms with van der Waals surface area (Å²) in [6, 6.07) is 2.15. The second kappa shape index (κ2) is 22.3. The van der Waals surface area contributed by atoms with E-state index in [1.807, 2.05) is 62.3 Å². The fraction of sp³-hybridized carbons (Fsp3) is 0.883. The Labute approximate surface area is 459 Å². The van der Waals surface area contributed by atoms with Crippen molar-refractivity contribution in [2.24, 2.45) is 74.4 Å². The standard InChI is InChI=1S/C18H30O2.C15H19NO4.C15H22O7S.C12H22O2/c1-5-17(3,4)16(19)20-18(6-2)14-8-12-7-13(10-14)11-15(18)9-12;1-4-14(2,3)12(17)19-10-8-5-9-11(10)20-13(18)15(9,6-8)7-16;1-4-15(2,3)14(17)20-7-11(16)21-12-8-5-9-10(6-8)23(18,19)22-13(9)12;1-5-11(2,3)10(13)14-12(4)8-6-7-9-12/h12-15H,5-11H2,1-4H3;8-11H,4-6H2,1-3H3;8-10,12-13H,4-7H2,1-3H3;5-9H2,1-4H3. The maximum atomic E-state index is 12.6. The van der Waals surface area contributed by atoms with Crippen LogP contribution < -0.4 is 0 Å². The van der Waals surface area contributed by atoms with Crippen LogP contribution in [0.3, 0.4) is 0 Å². The highest BCUT2D eigenvalue weighted by Crippen LogP contribution is 2.63. The van der Waals surface area contributed by atoms with Crippen molar-refractivity contribution >= 4 is 45.9 Å². The van der Waals surface area contributed by atoms with Crippen LogP contribution in [0.2, 0.25) is 0 Å². The summed E-state index contributed by atoms with van der Waals surface area (Å²) in [6.45, 7) is 26.9. The third kappa shape index (κ3) is 11.7. The van der Waals surface area contributed by atoms with E-state index in [2.05, 4.69) is 26.8 Å². The normalized spacial score (nSPS) is 36.7. The van der Waals surface area contributed by atoms with E-state index >= 15 is 0 Å². The number of carbonyl (C=O) groups excluding carboxylic acids is 6.